The van der Waals surface area contributed by atoms with E-state index in [2.05, 4.69) is 17.1 Å². The van der Waals surface area contributed by atoms with Gasteiger partial charge in [0.05, 0.1) is 11.5 Å². The summed E-state index contributed by atoms with van der Waals surface area (Å²) in [6, 6.07) is 7.81. The predicted molar refractivity (Wildman–Crippen MR) is 141 cm³/mol. The number of amides is 1. The van der Waals surface area contributed by atoms with Crippen molar-refractivity contribution in [3.05, 3.63) is 29.8 Å². The highest BCUT2D eigenvalue weighted by Gasteiger charge is 2.24. The number of nitrogens with zero attached hydrogens (tertiary/aromatic N) is 1. The van der Waals surface area contributed by atoms with E-state index in [1.807, 2.05) is 31.2 Å². The van der Waals surface area contributed by atoms with Crippen molar-refractivity contribution in [2.24, 2.45) is 0 Å². The first-order valence-electron chi connectivity index (χ1n) is 13.4. The minimum Gasteiger partial charge on any atom is -0.369 e. The lowest BCUT2D eigenvalue weighted by Gasteiger charge is -2.29. The Morgan fingerprint density at radius 1 is 0.882 bits per heavy atom. The van der Waals surface area contributed by atoms with Gasteiger partial charge in [-0.05, 0) is 30.5 Å². The first-order chi connectivity index (χ1) is 16.5. The zero-order valence-corrected chi connectivity index (χ0v) is 22.2. The Hall–Kier alpha value is -1.60. The summed E-state index contributed by atoms with van der Waals surface area (Å²) in [5, 5.41) is 2.97. The Balaban J connectivity index is 1.79. The van der Waals surface area contributed by atoms with E-state index >= 15 is 0 Å². The van der Waals surface area contributed by atoms with Crippen LogP contribution in [0.5, 0.6) is 0 Å². The molecule has 2 rings (SSSR count). The molecule has 1 aliphatic rings. The highest BCUT2D eigenvalue weighted by Crippen LogP contribution is 2.24. The second-order valence-electron chi connectivity index (χ2n) is 9.45. The fraction of sp³-hybridized carbons (Fsp3) is 0.741. The number of hydrogen-bond donors (Lipinski definition) is 1. The first-order valence-corrected chi connectivity index (χ1v) is 15.2. The molecule has 1 N–H and O–H groups in total. The van der Waals surface area contributed by atoms with Gasteiger partial charge in [-0.3, -0.25) is 4.79 Å². The van der Waals surface area contributed by atoms with E-state index in [0.29, 0.717) is 26.2 Å². The number of benzene rings is 1. The molecule has 0 bridgehead atoms. The molecular formula is C27H46N2O4S. The number of anilines is 1. The average Bonchev–Trinajstić information content (AvgIpc) is 2.83. The fourth-order valence-corrected chi connectivity index (χ4v) is 5.49. The number of rotatable bonds is 17. The van der Waals surface area contributed by atoms with Crippen molar-refractivity contribution in [3.8, 4) is 0 Å². The molecule has 1 amide bonds. The van der Waals surface area contributed by atoms with Crippen LogP contribution in [0.1, 0.15) is 96.1 Å². The van der Waals surface area contributed by atoms with E-state index in [4.69, 9.17) is 4.74 Å². The van der Waals surface area contributed by atoms with Gasteiger partial charge in [-0.2, -0.15) is 0 Å². The number of unbranched alkanes of at least 4 members (excludes halogenated alkanes) is 9. The van der Waals surface area contributed by atoms with E-state index in [1.165, 1.54) is 51.4 Å². The van der Waals surface area contributed by atoms with Crippen molar-refractivity contribution in [1.29, 1.82) is 0 Å². The molecule has 1 fully saturated rings. The number of carbonyl (C=O) groups excluding carboxylic acids is 1. The summed E-state index contributed by atoms with van der Waals surface area (Å²) < 4.78 is 29.4. The molecular weight excluding hydrogens is 448 g/mol. The van der Waals surface area contributed by atoms with Crippen molar-refractivity contribution in [2.75, 3.05) is 42.6 Å². The standard InChI is InChI=1S/C27H46N2O4S/c1-3-5-6-7-8-9-10-11-12-13-21-33-26(27(30)28-18-4-2)24-14-16-25(17-15-24)29-19-22-34(31,32)23-20-29/h14-17,26H,3-13,18-23H2,1-2H3,(H,28,30). The smallest absolute Gasteiger partial charge is 0.253 e. The Labute approximate surface area is 207 Å². The van der Waals surface area contributed by atoms with Gasteiger partial charge in [0.15, 0.2) is 15.9 Å². The fourth-order valence-electron chi connectivity index (χ4n) is 4.29. The highest BCUT2D eigenvalue weighted by molar-refractivity contribution is 7.91. The predicted octanol–water partition coefficient (Wildman–Crippen LogP) is 5.43. The van der Waals surface area contributed by atoms with Gasteiger partial charge < -0.3 is 15.0 Å². The molecule has 1 atom stereocenters. The van der Waals surface area contributed by atoms with Crippen molar-refractivity contribution in [1.82, 2.24) is 5.32 Å². The van der Waals surface area contributed by atoms with Crippen LogP contribution < -0.4 is 10.2 Å². The molecule has 1 saturated heterocycles. The minimum atomic E-state index is -2.91. The molecule has 1 unspecified atom stereocenters. The molecule has 1 aromatic carbocycles. The maximum Gasteiger partial charge on any atom is 0.253 e. The lowest BCUT2D eigenvalue weighted by molar-refractivity contribution is -0.133. The second-order valence-corrected chi connectivity index (χ2v) is 11.8. The van der Waals surface area contributed by atoms with Gasteiger partial charge >= 0.3 is 0 Å². The van der Waals surface area contributed by atoms with Crippen LogP contribution in [0, 0.1) is 0 Å². The van der Waals surface area contributed by atoms with Crippen LogP contribution in [0.15, 0.2) is 24.3 Å². The molecule has 0 saturated carbocycles. The van der Waals surface area contributed by atoms with Gasteiger partial charge in [0, 0.05) is 31.9 Å². The molecule has 1 heterocycles. The van der Waals surface area contributed by atoms with Crippen LogP contribution in [0.25, 0.3) is 0 Å². The van der Waals surface area contributed by atoms with Crippen LogP contribution in [0.4, 0.5) is 5.69 Å². The third kappa shape index (κ3) is 10.8. The van der Waals surface area contributed by atoms with Crippen LogP contribution in [-0.2, 0) is 19.4 Å². The Kier molecular flexibility index (Phi) is 13.6. The lowest BCUT2D eigenvalue weighted by atomic mass is 10.1. The minimum absolute atomic E-state index is 0.0919. The summed E-state index contributed by atoms with van der Waals surface area (Å²) in [5.74, 6) is 0.295. The van der Waals surface area contributed by atoms with Gasteiger partial charge in [-0.1, -0.05) is 83.8 Å². The van der Waals surface area contributed by atoms with Crippen LogP contribution in [0.3, 0.4) is 0 Å². The van der Waals surface area contributed by atoms with Gasteiger partial charge in [-0.15, -0.1) is 0 Å². The molecule has 34 heavy (non-hydrogen) atoms. The molecule has 194 valence electrons. The van der Waals surface area contributed by atoms with E-state index in [9.17, 15) is 13.2 Å². The van der Waals surface area contributed by atoms with E-state index in [1.54, 1.807) is 0 Å². The summed E-state index contributed by atoms with van der Waals surface area (Å²) in [6.07, 6.45) is 12.9. The monoisotopic (exact) mass is 494 g/mol. The molecule has 7 heteroatoms. The zero-order valence-electron chi connectivity index (χ0n) is 21.4. The Morgan fingerprint density at radius 2 is 1.44 bits per heavy atom. The Bertz CT molecular complexity index is 781. The number of sulfone groups is 1. The van der Waals surface area contributed by atoms with Gasteiger partial charge in [-0.25, -0.2) is 8.42 Å². The molecule has 0 aliphatic carbocycles. The van der Waals surface area contributed by atoms with Crippen LogP contribution >= 0.6 is 0 Å². The second kappa shape index (κ2) is 16.1. The molecule has 0 spiro atoms. The molecule has 1 aromatic rings. The zero-order chi connectivity index (χ0) is 24.7. The summed E-state index contributed by atoms with van der Waals surface area (Å²) in [5.41, 5.74) is 1.83. The van der Waals surface area contributed by atoms with Crippen molar-refractivity contribution in [3.63, 3.8) is 0 Å². The van der Waals surface area contributed by atoms with Gasteiger partial charge in [0.2, 0.25) is 0 Å². The SMILES string of the molecule is CCCCCCCCCCCCOC(C(=O)NCCC)c1ccc(N2CCS(=O)(=O)CC2)cc1. The lowest BCUT2D eigenvalue weighted by Crippen LogP contribution is -2.40. The summed E-state index contributed by atoms with van der Waals surface area (Å²) in [4.78, 5) is 14.8. The van der Waals surface area contributed by atoms with Gasteiger partial charge in [0.1, 0.15) is 0 Å². The van der Waals surface area contributed by atoms with Crippen LogP contribution in [-0.4, -0.2) is 52.1 Å². The summed E-state index contributed by atoms with van der Waals surface area (Å²) >= 11 is 0. The van der Waals surface area contributed by atoms with Crippen molar-refractivity contribution < 1.29 is 17.9 Å². The molecule has 0 radical (unpaired) electrons. The first kappa shape index (κ1) is 28.6. The molecule has 1 aliphatic heterocycles. The summed E-state index contributed by atoms with van der Waals surface area (Å²) in [7, 11) is -2.91. The van der Waals surface area contributed by atoms with E-state index < -0.39 is 15.9 Å². The quantitative estimate of drug-likeness (QED) is 0.292. The molecule has 0 aromatic heterocycles. The number of nitrogens with one attached hydrogen (secondary N) is 1. The third-order valence-corrected chi connectivity index (χ3v) is 8.08. The van der Waals surface area contributed by atoms with Crippen molar-refractivity contribution >= 4 is 21.4 Å². The topological polar surface area (TPSA) is 75.7 Å². The number of hydrogen-bond acceptors (Lipinski definition) is 5. The van der Waals surface area contributed by atoms with Gasteiger partial charge in [0.25, 0.3) is 5.91 Å². The maximum atomic E-state index is 12.8. The average molecular weight is 495 g/mol. The molecule has 6 nitrogen and oxygen atoms in total. The summed E-state index contributed by atoms with van der Waals surface area (Å²) in [6.45, 7) is 6.52. The van der Waals surface area contributed by atoms with E-state index in [0.717, 1.165) is 30.5 Å². The normalized spacial score (nSPS) is 16.4. The van der Waals surface area contributed by atoms with Crippen LogP contribution in [0.2, 0.25) is 0 Å². The number of ether oxygens (including phenoxy) is 1. The third-order valence-electron chi connectivity index (χ3n) is 6.48. The van der Waals surface area contributed by atoms with Crippen molar-refractivity contribution in [2.45, 2.75) is 90.6 Å². The van der Waals surface area contributed by atoms with E-state index in [-0.39, 0.29) is 17.4 Å². The maximum absolute atomic E-state index is 12.8. The Morgan fingerprint density at radius 3 is 2.00 bits per heavy atom. The number of carbonyl (C=O) groups is 1. The largest absolute Gasteiger partial charge is 0.369 e. The highest BCUT2D eigenvalue weighted by atomic mass is 32.2.